The molecule has 0 bridgehead atoms. The van der Waals surface area contributed by atoms with Crippen LogP contribution in [0.4, 0.5) is 4.79 Å². The van der Waals surface area contributed by atoms with Crippen LogP contribution in [0.25, 0.3) is 0 Å². The van der Waals surface area contributed by atoms with E-state index in [0.717, 1.165) is 12.1 Å². The van der Waals surface area contributed by atoms with Crippen LogP contribution < -0.4 is 5.32 Å². The van der Waals surface area contributed by atoms with Crippen molar-refractivity contribution in [2.45, 2.75) is 19.6 Å². The SMILES string of the molecule is COC(=O)C1=COC(OC(=O)NCCN(C)C)C2C(C)=CCC12. The fourth-order valence-electron chi connectivity index (χ4n) is 2.90. The lowest BCUT2D eigenvalue weighted by atomic mass is 9.84. The van der Waals surface area contributed by atoms with Crippen LogP contribution in [0.15, 0.2) is 23.5 Å². The second-order valence-corrected chi connectivity index (χ2v) is 6.02. The van der Waals surface area contributed by atoms with Crippen LogP contribution in [-0.4, -0.2) is 57.5 Å². The van der Waals surface area contributed by atoms with Crippen molar-refractivity contribution in [1.29, 1.82) is 0 Å². The van der Waals surface area contributed by atoms with Gasteiger partial charge in [0, 0.05) is 19.0 Å². The van der Waals surface area contributed by atoms with Gasteiger partial charge in [-0.05, 0) is 27.4 Å². The molecule has 0 saturated heterocycles. The molecule has 128 valence electrons. The highest BCUT2D eigenvalue weighted by Crippen LogP contribution is 2.43. The van der Waals surface area contributed by atoms with Crippen molar-refractivity contribution in [1.82, 2.24) is 10.2 Å². The van der Waals surface area contributed by atoms with Crippen molar-refractivity contribution in [2.24, 2.45) is 11.8 Å². The molecule has 1 aliphatic heterocycles. The van der Waals surface area contributed by atoms with Crippen molar-refractivity contribution in [3.63, 3.8) is 0 Å². The lowest BCUT2D eigenvalue weighted by molar-refractivity contribution is -0.141. The quantitative estimate of drug-likeness (QED) is 0.606. The average molecular weight is 324 g/mol. The number of hydrogen-bond acceptors (Lipinski definition) is 6. The van der Waals surface area contributed by atoms with Gasteiger partial charge in [0.2, 0.25) is 0 Å². The minimum atomic E-state index is -0.730. The summed E-state index contributed by atoms with van der Waals surface area (Å²) in [5.41, 5.74) is 1.54. The summed E-state index contributed by atoms with van der Waals surface area (Å²) in [6, 6.07) is 0. The maximum atomic E-state index is 11.9. The van der Waals surface area contributed by atoms with E-state index in [1.807, 2.05) is 32.0 Å². The number of nitrogens with zero attached hydrogens (tertiary/aromatic N) is 1. The van der Waals surface area contributed by atoms with Crippen molar-refractivity contribution in [3.05, 3.63) is 23.5 Å². The van der Waals surface area contributed by atoms with Gasteiger partial charge < -0.3 is 24.4 Å². The number of ether oxygens (including phenoxy) is 3. The summed E-state index contributed by atoms with van der Waals surface area (Å²) in [5.74, 6) is -0.638. The third-order valence-electron chi connectivity index (χ3n) is 4.15. The maximum absolute atomic E-state index is 11.9. The Hall–Kier alpha value is -2.02. The molecule has 7 heteroatoms. The summed E-state index contributed by atoms with van der Waals surface area (Å²) in [6.45, 7) is 3.16. The largest absolute Gasteiger partial charge is 0.466 e. The third-order valence-corrected chi connectivity index (χ3v) is 4.15. The van der Waals surface area contributed by atoms with E-state index in [9.17, 15) is 9.59 Å². The Morgan fingerprint density at radius 1 is 1.43 bits per heavy atom. The van der Waals surface area contributed by atoms with Gasteiger partial charge in [0.25, 0.3) is 6.29 Å². The number of allylic oxidation sites excluding steroid dienone is 1. The molecule has 0 aromatic carbocycles. The van der Waals surface area contributed by atoms with Crippen molar-refractivity contribution >= 4 is 12.1 Å². The fourth-order valence-corrected chi connectivity index (χ4v) is 2.90. The summed E-state index contributed by atoms with van der Waals surface area (Å²) in [6.07, 6.45) is 2.86. The molecule has 3 unspecified atom stereocenters. The predicted octanol–water partition coefficient (Wildman–Crippen LogP) is 1.27. The summed E-state index contributed by atoms with van der Waals surface area (Å²) < 4.78 is 15.7. The third kappa shape index (κ3) is 4.04. The van der Waals surface area contributed by atoms with Crippen LogP contribution in [0.5, 0.6) is 0 Å². The number of nitrogens with one attached hydrogen (secondary N) is 1. The van der Waals surface area contributed by atoms with E-state index in [4.69, 9.17) is 14.2 Å². The normalized spacial score (nSPS) is 25.9. The number of rotatable bonds is 5. The highest BCUT2D eigenvalue weighted by molar-refractivity contribution is 5.89. The zero-order valence-corrected chi connectivity index (χ0v) is 14.0. The van der Waals surface area contributed by atoms with Crippen LogP contribution in [0.2, 0.25) is 0 Å². The molecule has 1 heterocycles. The van der Waals surface area contributed by atoms with Gasteiger partial charge in [0.05, 0.1) is 24.9 Å². The molecule has 23 heavy (non-hydrogen) atoms. The van der Waals surface area contributed by atoms with E-state index in [2.05, 4.69) is 5.32 Å². The number of likely N-dealkylation sites (N-methyl/N-ethyl adjacent to an activating group) is 1. The molecule has 0 saturated carbocycles. The Kier molecular flexibility index (Phi) is 5.65. The molecule has 1 amide bonds. The number of methoxy groups -OCH3 is 1. The van der Waals surface area contributed by atoms with Gasteiger partial charge in [-0.15, -0.1) is 0 Å². The molecule has 0 radical (unpaired) electrons. The molecule has 3 atom stereocenters. The van der Waals surface area contributed by atoms with E-state index < -0.39 is 18.4 Å². The number of hydrogen-bond donors (Lipinski definition) is 1. The van der Waals surface area contributed by atoms with E-state index >= 15 is 0 Å². The maximum Gasteiger partial charge on any atom is 0.410 e. The molecule has 2 aliphatic rings. The average Bonchev–Trinajstić information content (AvgIpc) is 2.89. The van der Waals surface area contributed by atoms with Crippen molar-refractivity contribution < 1.29 is 23.8 Å². The van der Waals surface area contributed by atoms with E-state index in [1.54, 1.807) is 0 Å². The monoisotopic (exact) mass is 324 g/mol. The topological polar surface area (TPSA) is 77.1 Å². The zero-order chi connectivity index (χ0) is 17.0. The molecule has 2 rings (SSSR count). The number of carbonyl (C=O) groups excluding carboxylic acids is 2. The summed E-state index contributed by atoms with van der Waals surface area (Å²) in [7, 11) is 5.19. The highest BCUT2D eigenvalue weighted by Gasteiger charge is 2.44. The van der Waals surface area contributed by atoms with Crippen LogP contribution in [-0.2, 0) is 19.0 Å². The smallest absolute Gasteiger partial charge is 0.410 e. The van der Waals surface area contributed by atoms with Crippen LogP contribution in [0.1, 0.15) is 13.3 Å². The Morgan fingerprint density at radius 2 is 2.17 bits per heavy atom. The first-order valence-electron chi connectivity index (χ1n) is 7.63. The number of amides is 1. The lowest BCUT2D eigenvalue weighted by Gasteiger charge is -2.33. The van der Waals surface area contributed by atoms with Crippen LogP contribution in [0, 0.1) is 11.8 Å². The molecule has 7 nitrogen and oxygen atoms in total. The van der Waals surface area contributed by atoms with Crippen molar-refractivity contribution in [2.75, 3.05) is 34.3 Å². The van der Waals surface area contributed by atoms with Crippen LogP contribution >= 0.6 is 0 Å². The molecule has 1 N–H and O–H groups in total. The first-order valence-corrected chi connectivity index (χ1v) is 7.63. The second-order valence-electron chi connectivity index (χ2n) is 6.02. The Morgan fingerprint density at radius 3 is 2.83 bits per heavy atom. The number of alkyl carbamates (subject to hydrolysis) is 1. The molecule has 0 spiro atoms. The fraction of sp³-hybridized carbons (Fsp3) is 0.625. The summed E-state index contributed by atoms with van der Waals surface area (Å²) in [4.78, 5) is 25.7. The van der Waals surface area contributed by atoms with Gasteiger partial charge in [0.15, 0.2) is 0 Å². The number of fused-ring (bicyclic) bond motifs is 1. The van der Waals surface area contributed by atoms with Gasteiger partial charge in [-0.3, -0.25) is 0 Å². The highest BCUT2D eigenvalue weighted by atomic mass is 16.7. The standard InChI is InChI=1S/C16H24N2O5/c1-10-5-6-11-12(14(19)21-4)9-22-15(13(10)11)23-16(20)17-7-8-18(2)3/h5,9,11,13,15H,6-8H2,1-4H3,(H,17,20). The molecule has 0 fully saturated rings. The van der Waals surface area contributed by atoms with Crippen molar-refractivity contribution in [3.8, 4) is 0 Å². The Balaban J connectivity index is 2.00. The summed E-state index contributed by atoms with van der Waals surface area (Å²) in [5, 5.41) is 2.69. The van der Waals surface area contributed by atoms with Gasteiger partial charge >= 0.3 is 12.1 Å². The van der Waals surface area contributed by atoms with Gasteiger partial charge in [-0.2, -0.15) is 0 Å². The minimum absolute atomic E-state index is 0.0734. The van der Waals surface area contributed by atoms with E-state index in [0.29, 0.717) is 18.5 Å². The Labute approximate surface area is 136 Å². The molecule has 0 aromatic heterocycles. The zero-order valence-electron chi connectivity index (χ0n) is 14.0. The lowest BCUT2D eigenvalue weighted by Crippen LogP contribution is -2.41. The van der Waals surface area contributed by atoms with Gasteiger partial charge in [0.1, 0.15) is 0 Å². The first-order chi connectivity index (χ1) is 10.9. The van der Waals surface area contributed by atoms with E-state index in [-0.39, 0.29) is 11.8 Å². The number of esters is 1. The second kappa shape index (κ2) is 7.50. The van der Waals surface area contributed by atoms with Gasteiger partial charge in [-0.25, -0.2) is 9.59 Å². The molecule has 1 aliphatic carbocycles. The minimum Gasteiger partial charge on any atom is -0.466 e. The summed E-state index contributed by atoms with van der Waals surface area (Å²) >= 11 is 0. The molecule has 0 aromatic rings. The molecular formula is C16H24N2O5. The molecular weight excluding hydrogens is 300 g/mol. The van der Waals surface area contributed by atoms with E-state index in [1.165, 1.54) is 13.4 Å². The first kappa shape index (κ1) is 17.3. The number of carbonyl (C=O) groups is 2. The Bertz CT molecular complexity index is 527. The predicted molar refractivity (Wildman–Crippen MR) is 83.4 cm³/mol. The van der Waals surface area contributed by atoms with Crippen LogP contribution in [0.3, 0.4) is 0 Å². The van der Waals surface area contributed by atoms with Gasteiger partial charge in [-0.1, -0.05) is 11.6 Å².